The first-order valence-electron chi connectivity index (χ1n) is 5.36. The molecule has 1 rings (SSSR count). The van der Waals surface area contributed by atoms with Gasteiger partial charge < -0.3 is 4.74 Å². The Kier molecular flexibility index (Phi) is 4.30. The predicted octanol–water partition coefficient (Wildman–Crippen LogP) is 3.46. The van der Waals surface area contributed by atoms with Crippen molar-refractivity contribution in [2.45, 2.75) is 32.1 Å². The fourth-order valence-corrected chi connectivity index (χ4v) is 1.93. The maximum Gasteiger partial charge on any atom is 0.219 e. The van der Waals surface area contributed by atoms with Crippen LogP contribution in [0.15, 0.2) is 6.07 Å². The lowest BCUT2D eigenvalue weighted by atomic mass is 9.77. The monoisotopic (exact) mass is 256 g/mol. The molecule has 92 valence electrons. The van der Waals surface area contributed by atoms with Gasteiger partial charge in [-0.15, -0.1) is 0 Å². The minimum atomic E-state index is -0.788. The molecule has 3 nitrogen and oxygen atoms in total. The summed E-state index contributed by atoms with van der Waals surface area (Å²) >= 11 is 5.60. The molecule has 1 aromatic rings. The number of pyridine rings is 1. The second-order valence-electron chi connectivity index (χ2n) is 3.72. The lowest BCUT2D eigenvalue weighted by molar-refractivity contribution is 0.372. The Labute approximate surface area is 105 Å². The van der Waals surface area contributed by atoms with Crippen LogP contribution in [0, 0.1) is 17.1 Å². The van der Waals surface area contributed by atoms with Gasteiger partial charge in [-0.05, 0) is 18.9 Å². The van der Waals surface area contributed by atoms with Crippen molar-refractivity contribution in [3.8, 4) is 11.9 Å². The number of nitriles is 1. The van der Waals surface area contributed by atoms with Crippen molar-refractivity contribution in [2.24, 2.45) is 0 Å². The zero-order valence-electron chi connectivity index (χ0n) is 10.1. The highest BCUT2D eigenvalue weighted by molar-refractivity contribution is 6.29. The molecular weight excluding hydrogens is 243 g/mol. The van der Waals surface area contributed by atoms with E-state index in [4.69, 9.17) is 16.3 Å². The summed E-state index contributed by atoms with van der Waals surface area (Å²) in [5.74, 6) is -0.425. The number of hydrogen-bond acceptors (Lipinski definition) is 3. The molecule has 0 amide bonds. The number of ether oxygens (including phenoxy) is 1. The fraction of sp³-hybridized carbons (Fsp3) is 0.500. The Morgan fingerprint density at radius 1 is 1.53 bits per heavy atom. The molecule has 5 heteroatoms. The van der Waals surface area contributed by atoms with Crippen LogP contribution in [0.5, 0.6) is 5.88 Å². The molecule has 0 saturated heterocycles. The Morgan fingerprint density at radius 2 is 2.12 bits per heavy atom. The van der Waals surface area contributed by atoms with Gasteiger partial charge in [0.05, 0.1) is 18.6 Å². The van der Waals surface area contributed by atoms with Crippen molar-refractivity contribution in [2.75, 3.05) is 7.11 Å². The van der Waals surface area contributed by atoms with Crippen LogP contribution in [0.3, 0.4) is 0 Å². The van der Waals surface area contributed by atoms with Gasteiger partial charge in [-0.1, -0.05) is 25.4 Å². The lowest BCUT2D eigenvalue weighted by Crippen LogP contribution is -2.23. The van der Waals surface area contributed by atoms with Gasteiger partial charge in [0.15, 0.2) is 11.0 Å². The van der Waals surface area contributed by atoms with Gasteiger partial charge in [-0.3, -0.25) is 0 Å². The number of nitrogens with zero attached hydrogens (tertiary/aromatic N) is 2. The molecule has 0 fully saturated rings. The van der Waals surface area contributed by atoms with Gasteiger partial charge in [0.25, 0.3) is 0 Å². The maximum atomic E-state index is 13.5. The van der Waals surface area contributed by atoms with E-state index in [2.05, 4.69) is 11.1 Å². The average Bonchev–Trinajstić information content (AvgIpc) is 2.36. The summed E-state index contributed by atoms with van der Waals surface area (Å²) in [6, 6.07) is 3.46. The standard InChI is InChI=1S/C12H14ClFN2O/c1-4-12(5-2,7-15)8-6-9(14)10(13)16-11(8)17-3/h6H,4-5H2,1-3H3. The Balaban J connectivity index is 3.48. The molecule has 0 aliphatic carbocycles. The Bertz CT molecular complexity index is 453. The minimum Gasteiger partial charge on any atom is -0.481 e. The van der Waals surface area contributed by atoms with Gasteiger partial charge in [0.2, 0.25) is 5.88 Å². The van der Waals surface area contributed by atoms with Crippen LogP contribution < -0.4 is 4.74 Å². The van der Waals surface area contributed by atoms with E-state index in [1.54, 1.807) is 0 Å². The van der Waals surface area contributed by atoms with E-state index in [0.29, 0.717) is 18.4 Å². The van der Waals surface area contributed by atoms with E-state index < -0.39 is 11.2 Å². The third kappa shape index (κ3) is 2.34. The lowest BCUT2D eigenvalue weighted by Gasteiger charge is -2.25. The van der Waals surface area contributed by atoms with Crippen LogP contribution in [-0.4, -0.2) is 12.1 Å². The first kappa shape index (κ1) is 13.7. The predicted molar refractivity (Wildman–Crippen MR) is 63.6 cm³/mol. The molecule has 0 aliphatic heterocycles. The van der Waals surface area contributed by atoms with Crippen LogP contribution in [0.4, 0.5) is 4.39 Å². The Hall–Kier alpha value is -1.34. The number of halogens is 2. The zero-order valence-corrected chi connectivity index (χ0v) is 10.8. The molecule has 1 aromatic heterocycles. The molecule has 0 radical (unpaired) electrons. The van der Waals surface area contributed by atoms with Crippen LogP contribution in [0.2, 0.25) is 5.15 Å². The summed E-state index contributed by atoms with van der Waals surface area (Å²) in [6.07, 6.45) is 1.11. The average molecular weight is 257 g/mol. The SMILES string of the molecule is CCC(C#N)(CC)c1cc(F)c(Cl)nc1OC. The van der Waals surface area contributed by atoms with E-state index in [1.807, 2.05) is 13.8 Å². The molecule has 0 spiro atoms. The fourth-order valence-electron chi connectivity index (χ4n) is 1.80. The minimum absolute atomic E-state index is 0.210. The van der Waals surface area contributed by atoms with Crippen molar-refractivity contribution in [3.63, 3.8) is 0 Å². The quantitative estimate of drug-likeness (QED) is 0.775. The largest absolute Gasteiger partial charge is 0.481 e. The van der Waals surface area contributed by atoms with Crippen molar-refractivity contribution in [1.29, 1.82) is 5.26 Å². The van der Waals surface area contributed by atoms with Crippen molar-refractivity contribution in [3.05, 3.63) is 22.6 Å². The first-order chi connectivity index (χ1) is 8.04. The molecule has 0 unspecified atom stereocenters. The topological polar surface area (TPSA) is 45.9 Å². The molecule has 0 aromatic carbocycles. The smallest absolute Gasteiger partial charge is 0.219 e. The molecule has 0 bridgehead atoms. The van der Waals surface area contributed by atoms with Crippen molar-refractivity contribution in [1.82, 2.24) is 4.98 Å². The Morgan fingerprint density at radius 3 is 2.53 bits per heavy atom. The van der Waals surface area contributed by atoms with E-state index in [0.717, 1.165) is 0 Å². The van der Waals surface area contributed by atoms with Gasteiger partial charge in [-0.25, -0.2) is 4.39 Å². The zero-order chi connectivity index (χ0) is 13.1. The highest BCUT2D eigenvalue weighted by Gasteiger charge is 2.33. The summed E-state index contributed by atoms with van der Waals surface area (Å²) in [5, 5.41) is 9.08. The highest BCUT2D eigenvalue weighted by Crippen LogP contribution is 2.37. The number of hydrogen-bond donors (Lipinski definition) is 0. The number of rotatable bonds is 4. The van der Waals surface area contributed by atoms with E-state index in [1.165, 1.54) is 13.2 Å². The third-order valence-corrected chi connectivity index (χ3v) is 3.29. The second kappa shape index (κ2) is 5.33. The van der Waals surface area contributed by atoms with E-state index in [-0.39, 0.29) is 11.0 Å². The molecule has 0 aliphatic rings. The number of methoxy groups -OCH3 is 1. The summed E-state index contributed by atoms with van der Waals surface area (Å²) in [4.78, 5) is 3.82. The highest BCUT2D eigenvalue weighted by atomic mass is 35.5. The summed E-state index contributed by atoms with van der Waals surface area (Å²) in [7, 11) is 1.42. The van der Waals surface area contributed by atoms with Gasteiger partial charge >= 0.3 is 0 Å². The van der Waals surface area contributed by atoms with Crippen LogP contribution >= 0.6 is 11.6 Å². The van der Waals surface area contributed by atoms with E-state index in [9.17, 15) is 9.65 Å². The first-order valence-corrected chi connectivity index (χ1v) is 5.74. The normalized spacial score (nSPS) is 11.1. The summed E-state index contributed by atoms with van der Waals surface area (Å²) in [6.45, 7) is 3.75. The van der Waals surface area contributed by atoms with Gasteiger partial charge in [0, 0.05) is 5.56 Å². The molecule has 17 heavy (non-hydrogen) atoms. The van der Waals surface area contributed by atoms with Crippen molar-refractivity contribution >= 4 is 11.6 Å². The van der Waals surface area contributed by atoms with Gasteiger partial charge in [0.1, 0.15) is 0 Å². The van der Waals surface area contributed by atoms with E-state index >= 15 is 0 Å². The molecular formula is C12H14ClFN2O. The van der Waals surface area contributed by atoms with Crippen molar-refractivity contribution < 1.29 is 9.13 Å². The molecule has 0 atom stereocenters. The third-order valence-electron chi connectivity index (χ3n) is 3.03. The van der Waals surface area contributed by atoms with Crippen LogP contribution in [0.1, 0.15) is 32.3 Å². The van der Waals surface area contributed by atoms with Crippen LogP contribution in [0.25, 0.3) is 0 Å². The molecule has 0 N–H and O–H groups in total. The summed E-state index contributed by atoms with van der Waals surface area (Å²) in [5.41, 5.74) is -0.335. The number of aromatic nitrogens is 1. The molecule has 1 heterocycles. The van der Waals surface area contributed by atoms with Gasteiger partial charge in [-0.2, -0.15) is 10.2 Å². The second-order valence-corrected chi connectivity index (χ2v) is 4.08. The van der Waals surface area contributed by atoms with Crippen LogP contribution in [-0.2, 0) is 5.41 Å². The summed E-state index contributed by atoms with van der Waals surface area (Å²) < 4.78 is 18.6. The maximum absolute atomic E-state index is 13.5. The molecule has 0 saturated carbocycles.